The van der Waals surface area contributed by atoms with Crippen LogP contribution in [0.1, 0.15) is 30.1 Å². The smallest absolute Gasteiger partial charge is 0.254 e. The van der Waals surface area contributed by atoms with E-state index in [1.54, 1.807) is 42.2 Å². The Morgan fingerprint density at radius 3 is 2.24 bits per heavy atom. The largest absolute Gasteiger partial charge is 0.493 e. The summed E-state index contributed by atoms with van der Waals surface area (Å²) in [4.78, 5) is 28.4. The predicted octanol–water partition coefficient (Wildman–Crippen LogP) is 1.12. The maximum Gasteiger partial charge on any atom is 0.254 e. The number of hydrogen-bond acceptors (Lipinski definition) is 5. The first-order valence-corrected chi connectivity index (χ1v) is 8.51. The average Bonchev–Trinajstić information content (AvgIpc) is 2.64. The van der Waals surface area contributed by atoms with Gasteiger partial charge in [0.25, 0.3) is 5.91 Å². The van der Waals surface area contributed by atoms with Gasteiger partial charge in [0.2, 0.25) is 5.91 Å². The van der Waals surface area contributed by atoms with Crippen LogP contribution in [0.4, 0.5) is 0 Å². The first kappa shape index (κ1) is 19.1. The van der Waals surface area contributed by atoms with E-state index in [9.17, 15) is 9.59 Å². The quantitative estimate of drug-likeness (QED) is 0.832. The van der Waals surface area contributed by atoms with Crippen molar-refractivity contribution in [1.82, 2.24) is 9.80 Å². The van der Waals surface area contributed by atoms with E-state index in [0.29, 0.717) is 56.1 Å². The fraction of sp³-hybridized carbons (Fsp3) is 0.556. The second kappa shape index (κ2) is 8.71. The standard InChI is InChI=1S/C18H27N3O4/c1-13(19)4-7-17(22)20-8-10-21(11-9-20)18(23)14-5-6-15(24-2)16(12-14)25-3/h5-6,12-13H,4,7-11,19H2,1-3H3. The summed E-state index contributed by atoms with van der Waals surface area (Å²) in [5.74, 6) is 1.15. The number of amides is 2. The summed E-state index contributed by atoms with van der Waals surface area (Å²) >= 11 is 0. The van der Waals surface area contributed by atoms with Gasteiger partial charge in [0.1, 0.15) is 0 Å². The summed E-state index contributed by atoms with van der Waals surface area (Å²) in [5.41, 5.74) is 6.25. The third-order valence-corrected chi connectivity index (χ3v) is 4.36. The van der Waals surface area contributed by atoms with Gasteiger partial charge in [0.15, 0.2) is 11.5 Å². The number of rotatable bonds is 6. The van der Waals surface area contributed by atoms with E-state index in [2.05, 4.69) is 0 Å². The molecule has 1 heterocycles. The lowest BCUT2D eigenvalue weighted by molar-refractivity contribution is -0.132. The molecule has 2 amide bonds. The van der Waals surface area contributed by atoms with Gasteiger partial charge in [-0.2, -0.15) is 0 Å². The number of carbonyl (C=O) groups is 2. The van der Waals surface area contributed by atoms with Crippen molar-refractivity contribution in [2.75, 3.05) is 40.4 Å². The van der Waals surface area contributed by atoms with Crippen molar-refractivity contribution >= 4 is 11.8 Å². The predicted molar refractivity (Wildman–Crippen MR) is 94.9 cm³/mol. The van der Waals surface area contributed by atoms with Gasteiger partial charge in [0, 0.05) is 44.2 Å². The number of benzene rings is 1. The summed E-state index contributed by atoms with van der Waals surface area (Å²) in [7, 11) is 3.10. The number of nitrogens with zero attached hydrogens (tertiary/aromatic N) is 2. The van der Waals surface area contributed by atoms with Crippen LogP contribution in [-0.4, -0.2) is 68.1 Å². The first-order valence-electron chi connectivity index (χ1n) is 8.51. The molecule has 1 fully saturated rings. The lowest BCUT2D eigenvalue weighted by Crippen LogP contribution is -2.50. The van der Waals surface area contributed by atoms with Crippen LogP contribution in [0.2, 0.25) is 0 Å². The van der Waals surface area contributed by atoms with Gasteiger partial charge in [0.05, 0.1) is 14.2 Å². The molecule has 1 unspecified atom stereocenters. The minimum absolute atomic E-state index is 0.0249. The molecule has 1 aromatic rings. The van der Waals surface area contributed by atoms with Crippen molar-refractivity contribution in [2.24, 2.45) is 5.73 Å². The molecule has 2 rings (SSSR count). The molecular weight excluding hydrogens is 322 g/mol. The Labute approximate surface area is 148 Å². The number of carbonyl (C=O) groups excluding carboxylic acids is 2. The van der Waals surface area contributed by atoms with Crippen LogP contribution in [0.15, 0.2) is 18.2 Å². The molecule has 0 aromatic heterocycles. The monoisotopic (exact) mass is 349 g/mol. The summed E-state index contributed by atoms with van der Waals surface area (Å²) in [5, 5.41) is 0. The molecule has 138 valence electrons. The molecule has 1 aliphatic rings. The molecule has 7 heteroatoms. The third kappa shape index (κ3) is 4.85. The Morgan fingerprint density at radius 2 is 1.68 bits per heavy atom. The van der Waals surface area contributed by atoms with E-state index in [4.69, 9.17) is 15.2 Å². The molecule has 1 aliphatic heterocycles. The van der Waals surface area contributed by atoms with Crippen molar-refractivity contribution in [3.05, 3.63) is 23.8 Å². The Balaban J connectivity index is 1.94. The van der Waals surface area contributed by atoms with Crippen molar-refractivity contribution in [3.8, 4) is 11.5 Å². The Morgan fingerprint density at radius 1 is 1.08 bits per heavy atom. The van der Waals surface area contributed by atoms with Gasteiger partial charge in [-0.25, -0.2) is 0 Å². The van der Waals surface area contributed by atoms with Crippen molar-refractivity contribution in [1.29, 1.82) is 0 Å². The molecule has 0 radical (unpaired) electrons. The second-order valence-corrected chi connectivity index (χ2v) is 6.26. The highest BCUT2D eigenvalue weighted by atomic mass is 16.5. The van der Waals surface area contributed by atoms with Crippen LogP contribution in [0.3, 0.4) is 0 Å². The number of nitrogens with two attached hydrogens (primary N) is 1. The molecule has 1 aromatic carbocycles. The van der Waals surface area contributed by atoms with E-state index in [1.807, 2.05) is 6.92 Å². The van der Waals surface area contributed by atoms with Gasteiger partial charge < -0.3 is 25.0 Å². The zero-order valence-electron chi connectivity index (χ0n) is 15.2. The minimum Gasteiger partial charge on any atom is -0.493 e. The highest BCUT2D eigenvalue weighted by molar-refractivity contribution is 5.95. The molecule has 0 saturated carbocycles. The van der Waals surface area contributed by atoms with Crippen LogP contribution in [0.25, 0.3) is 0 Å². The maximum atomic E-state index is 12.7. The van der Waals surface area contributed by atoms with Crippen LogP contribution in [0, 0.1) is 0 Å². The van der Waals surface area contributed by atoms with Crippen molar-refractivity contribution in [2.45, 2.75) is 25.8 Å². The van der Waals surface area contributed by atoms with Crippen LogP contribution < -0.4 is 15.2 Å². The zero-order valence-corrected chi connectivity index (χ0v) is 15.2. The van der Waals surface area contributed by atoms with Gasteiger partial charge in [-0.05, 0) is 31.5 Å². The molecule has 0 spiro atoms. The van der Waals surface area contributed by atoms with E-state index in [-0.39, 0.29) is 17.9 Å². The fourth-order valence-electron chi connectivity index (χ4n) is 2.82. The topological polar surface area (TPSA) is 85.1 Å². The second-order valence-electron chi connectivity index (χ2n) is 6.26. The van der Waals surface area contributed by atoms with Gasteiger partial charge in [-0.3, -0.25) is 9.59 Å². The summed E-state index contributed by atoms with van der Waals surface area (Å²) in [6.07, 6.45) is 1.14. The molecule has 0 bridgehead atoms. The highest BCUT2D eigenvalue weighted by Crippen LogP contribution is 2.28. The molecular formula is C18H27N3O4. The highest BCUT2D eigenvalue weighted by Gasteiger charge is 2.25. The van der Waals surface area contributed by atoms with Gasteiger partial charge >= 0.3 is 0 Å². The number of piperazine rings is 1. The number of ether oxygens (including phenoxy) is 2. The first-order chi connectivity index (χ1) is 12.0. The lowest BCUT2D eigenvalue weighted by atomic mass is 10.1. The molecule has 25 heavy (non-hydrogen) atoms. The summed E-state index contributed by atoms with van der Waals surface area (Å²) in [6, 6.07) is 5.15. The van der Waals surface area contributed by atoms with Gasteiger partial charge in [-0.15, -0.1) is 0 Å². The molecule has 2 N–H and O–H groups in total. The zero-order chi connectivity index (χ0) is 18.4. The van der Waals surface area contributed by atoms with Crippen LogP contribution in [-0.2, 0) is 4.79 Å². The Hall–Kier alpha value is -2.28. The Bertz CT molecular complexity index is 610. The van der Waals surface area contributed by atoms with Crippen LogP contribution >= 0.6 is 0 Å². The van der Waals surface area contributed by atoms with Gasteiger partial charge in [-0.1, -0.05) is 0 Å². The van der Waals surface area contributed by atoms with Crippen molar-refractivity contribution in [3.63, 3.8) is 0 Å². The Kier molecular flexibility index (Phi) is 6.64. The summed E-state index contributed by atoms with van der Waals surface area (Å²) in [6.45, 7) is 4.05. The average molecular weight is 349 g/mol. The fourth-order valence-corrected chi connectivity index (χ4v) is 2.82. The number of methoxy groups -OCH3 is 2. The SMILES string of the molecule is COc1ccc(C(=O)N2CCN(C(=O)CCC(C)N)CC2)cc1OC. The van der Waals surface area contributed by atoms with E-state index < -0.39 is 0 Å². The number of hydrogen-bond donors (Lipinski definition) is 1. The third-order valence-electron chi connectivity index (χ3n) is 4.36. The van der Waals surface area contributed by atoms with E-state index in [0.717, 1.165) is 0 Å². The van der Waals surface area contributed by atoms with E-state index in [1.165, 1.54) is 0 Å². The molecule has 7 nitrogen and oxygen atoms in total. The molecule has 0 aliphatic carbocycles. The van der Waals surface area contributed by atoms with Crippen molar-refractivity contribution < 1.29 is 19.1 Å². The minimum atomic E-state index is -0.0661. The molecule has 1 saturated heterocycles. The van der Waals surface area contributed by atoms with E-state index >= 15 is 0 Å². The lowest BCUT2D eigenvalue weighted by Gasteiger charge is -2.35. The maximum absolute atomic E-state index is 12.7. The van der Waals surface area contributed by atoms with Crippen LogP contribution in [0.5, 0.6) is 11.5 Å². The molecule has 1 atom stereocenters. The summed E-state index contributed by atoms with van der Waals surface area (Å²) < 4.78 is 10.4. The normalized spacial score (nSPS) is 15.7.